The molecular formula is C38H44NO+. The number of hydrogen-bond acceptors (Lipinski definition) is 1. The smallest absolute Gasteiger partial charge is 0.228 e. The Bertz CT molecular complexity index is 1830. The van der Waals surface area contributed by atoms with Gasteiger partial charge in [-0.25, -0.2) is 4.57 Å². The fraction of sp³-hybridized carbons (Fsp3) is 0.395. The topological polar surface area (TPSA) is 13.1 Å². The Kier molecular flexibility index (Phi) is 6.07. The molecule has 1 aromatic heterocycles. The van der Waals surface area contributed by atoms with Gasteiger partial charge >= 0.3 is 0 Å². The number of aryl methyl sites for hydroxylation is 2. The number of aromatic nitrogens is 1. The van der Waals surface area contributed by atoms with E-state index in [1.165, 1.54) is 65.8 Å². The lowest BCUT2D eigenvalue weighted by Gasteiger charge is -2.29. The lowest BCUT2D eigenvalue weighted by Crippen LogP contribution is -2.32. The minimum absolute atomic E-state index is 0.118. The quantitative estimate of drug-likeness (QED) is 0.164. The van der Waals surface area contributed by atoms with Gasteiger partial charge in [0.2, 0.25) is 5.69 Å². The van der Waals surface area contributed by atoms with Crippen LogP contribution in [0.25, 0.3) is 43.6 Å². The first-order chi connectivity index (χ1) is 18.7. The molecule has 40 heavy (non-hydrogen) atoms. The van der Waals surface area contributed by atoms with Crippen LogP contribution in [0.1, 0.15) is 83.6 Å². The summed E-state index contributed by atoms with van der Waals surface area (Å²) in [6.45, 7) is 20.8. The molecule has 0 aliphatic carbocycles. The molecule has 0 radical (unpaired) electrons. The van der Waals surface area contributed by atoms with E-state index in [1.807, 2.05) is 0 Å². The van der Waals surface area contributed by atoms with E-state index in [-0.39, 0.29) is 10.8 Å². The maximum atomic E-state index is 7.08. The summed E-state index contributed by atoms with van der Waals surface area (Å²) in [6.07, 6.45) is 4.25. The largest absolute Gasteiger partial charge is 0.455 e. The summed E-state index contributed by atoms with van der Waals surface area (Å²) < 4.78 is 9.39. The Morgan fingerprint density at radius 3 is 2.20 bits per heavy atom. The molecule has 0 saturated heterocycles. The molecule has 2 nitrogen and oxygen atoms in total. The number of fused-ring (bicyclic) bond motifs is 5. The Hall–Kier alpha value is -3.39. The third-order valence-electron chi connectivity index (χ3n) is 8.46. The highest BCUT2D eigenvalue weighted by molar-refractivity contribution is 6.17. The molecule has 0 saturated carbocycles. The van der Waals surface area contributed by atoms with Gasteiger partial charge in [0.15, 0.2) is 6.20 Å². The number of hydrogen-bond donors (Lipinski definition) is 0. The Morgan fingerprint density at radius 1 is 0.800 bits per heavy atom. The van der Waals surface area contributed by atoms with Crippen molar-refractivity contribution < 1.29 is 9.30 Å². The Balaban J connectivity index is 1.76. The van der Waals surface area contributed by atoms with Crippen LogP contribution < -0.4 is 9.30 Å². The molecule has 0 unspecified atom stereocenters. The summed E-state index contributed by atoms with van der Waals surface area (Å²) in [5.41, 5.74) is 8.30. The minimum Gasteiger partial charge on any atom is -0.455 e. The first-order valence-corrected chi connectivity index (χ1v) is 14.9. The molecule has 5 aromatic rings. The average molecular weight is 531 g/mol. The SMILES string of the molecule is Cc1c2c(c(CC(C)(C)C)c3ccc(CC(C)(C)C)cc13)Oc1cc3cccc(C(C)C)c3c3cc[n+](C)c-2c13. The highest BCUT2D eigenvalue weighted by Gasteiger charge is 2.34. The van der Waals surface area contributed by atoms with Crippen LogP contribution >= 0.6 is 0 Å². The van der Waals surface area contributed by atoms with Gasteiger partial charge in [-0.3, -0.25) is 0 Å². The maximum Gasteiger partial charge on any atom is 0.228 e. The zero-order valence-corrected chi connectivity index (χ0v) is 26.0. The number of ether oxygens (including phenoxy) is 1. The zero-order valence-electron chi connectivity index (χ0n) is 26.0. The molecular weight excluding hydrogens is 486 g/mol. The van der Waals surface area contributed by atoms with Crippen LogP contribution in [0.2, 0.25) is 0 Å². The van der Waals surface area contributed by atoms with Crippen molar-refractivity contribution in [3.8, 4) is 22.8 Å². The van der Waals surface area contributed by atoms with E-state index in [4.69, 9.17) is 4.74 Å². The standard InChI is InChI=1S/C38H44NO/c1-22(2)26-13-11-12-25-19-31-34-28(33(25)26)16-17-39(10)35(34)32-23(3)29-18-24(20-37(4,5)6)14-15-27(29)30(36(32)40-31)21-38(7,8)9/h11-19,22H,20-21H2,1-10H3/q+1. The van der Waals surface area contributed by atoms with Gasteiger partial charge < -0.3 is 4.74 Å². The number of pyridine rings is 1. The van der Waals surface area contributed by atoms with Gasteiger partial charge in [-0.1, -0.05) is 91.8 Å². The molecule has 1 aliphatic rings. The van der Waals surface area contributed by atoms with E-state index in [2.05, 4.69) is 129 Å². The third-order valence-corrected chi connectivity index (χ3v) is 8.46. The van der Waals surface area contributed by atoms with Crippen molar-refractivity contribution in [2.45, 2.75) is 81.1 Å². The van der Waals surface area contributed by atoms with Gasteiger partial charge in [-0.2, -0.15) is 0 Å². The highest BCUT2D eigenvalue weighted by atomic mass is 16.5. The van der Waals surface area contributed by atoms with E-state index < -0.39 is 0 Å². The van der Waals surface area contributed by atoms with Gasteiger partial charge in [0.25, 0.3) is 0 Å². The molecule has 2 heterocycles. The zero-order chi connectivity index (χ0) is 28.7. The molecule has 0 bridgehead atoms. The predicted octanol–water partition coefficient (Wildman–Crippen LogP) is 10.4. The van der Waals surface area contributed by atoms with Gasteiger partial charge in [0.05, 0.1) is 10.9 Å². The average Bonchev–Trinajstić information content (AvgIpc) is 2.85. The second-order valence-electron chi connectivity index (χ2n) is 14.8. The van der Waals surface area contributed by atoms with Gasteiger partial charge in [0.1, 0.15) is 18.5 Å². The number of benzene rings is 4. The maximum absolute atomic E-state index is 7.08. The fourth-order valence-corrected chi connectivity index (χ4v) is 6.88. The summed E-state index contributed by atoms with van der Waals surface area (Å²) in [5, 5.41) is 7.80. The summed E-state index contributed by atoms with van der Waals surface area (Å²) in [5.74, 6) is 2.45. The molecule has 0 N–H and O–H groups in total. The minimum atomic E-state index is 0.118. The van der Waals surface area contributed by atoms with Gasteiger partial charge in [-0.05, 0) is 80.8 Å². The van der Waals surface area contributed by atoms with Gasteiger partial charge in [0, 0.05) is 17.0 Å². The highest BCUT2D eigenvalue weighted by Crippen LogP contribution is 2.53. The fourth-order valence-electron chi connectivity index (χ4n) is 6.88. The first kappa shape index (κ1) is 26.8. The second-order valence-corrected chi connectivity index (χ2v) is 14.8. The normalized spacial score (nSPS) is 13.4. The van der Waals surface area contributed by atoms with E-state index in [0.29, 0.717) is 5.92 Å². The number of rotatable bonds is 3. The van der Waals surface area contributed by atoms with E-state index >= 15 is 0 Å². The van der Waals surface area contributed by atoms with Crippen molar-refractivity contribution in [3.63, 3.8) is 0 Å². The molecule has 6 rings (SSSR count). The van der Waals surface area contributed by atoms with Crippen LogP contribution in [-0.4, -0.2) is 0 Å². The molecule has 0 spiro atoms. The van der Waals surface area contributed by atoms with E-state index in [9.17, 15) is 0 Å². The third kappa shape index (κ3) is 4.37. The van der Waals surface area contributed by atoms with Crippen LogP contribution in [0.5, 0.6) is 11.5 Å². The molecule has 0 amide bonds. The van der Waals surface area contributed by atoms with Crippen molar-refractivity contribution >= 4 is 32.3 Å². The lowest BCUT2D eigenvalue weighted by atomic mass is 9.80. The predicted molar refractivity (Wildman–Crippen MR) is 171 cm³/mol. The molecule has 0 atom stereocenters. The van der Waals surface area contributed by atoms with E-state index in [1.54, 1.807) is 0 Å². The van der Waals surface area contributed by atoms with Crippen molar-refractivity contribution in [2.75, 3.05) is 0 Å². The van der Waals surface area contributed by atoms with Crippen LogP contribution in [0.4, 0.5) is 0 Å². The Morgan fingerprint density at radius 2 is 1.52 bits per heavy atom. The monoisotopic (exact) mass is 530 g/mol. The van der Waals surface area contributed by atoms with Gasteiger partial charge in [-0.15, -0.1) is 0 Å². The van der Waals surface area contributed by atoms with Crippen molar-refractivity contribution in [1.82, 2.24) is 0 Å². The van der Waals surface area contributed by atoms with Crippen molar-refractivity contribution in [2.24, 2.45) is 17.9 Å². The molecule has 2 heteroatoms. The van der Waals surface area contributed by atoms with Crippen LogP contribution in [0.15, 0.2) is 54.7 Å². The molecule has 1 aliphatic heterocycles. The summed E-state index contributed by atoms with van der Waals surface area (Å²) >= 11 is 0. The molecule has 4 aromatic carbocycles. The Labute approximate surface area is 240 Å². The van der Waals surface area contributed by atoms with Crippen LogP contribution in [-0.2, 0) is 19.9 Å². The summed E-state index contributed by atoms with van der Waals surface area (Å²) in [4.78, 5) is 0. The van der Waals surface area contributed by atoms with E-state index in [0.717, 1.165) is 24.3 Å². The van der Waals surface area contributed by atoms with Crippen molar-refractivity contribution in [1.29, 1.82) is 0 Å². The van der Waals surface area contributed by atoms with Crippen LogP contribution in [0.3, 0.4) is 0 Å². The number of nitrogens with zero attached hydrogens (tertiary/aromatic N) is 1. The molecule has 206 valence electrons. The summed E-state index contributed by atoms with van der Waals surface area (Å²) in [7, 11) is 2.19. The summed E-state index contributed by atoms with van der Waals surface area (Å²) in [6, 6.07) is 18.4. The lowest BCUT2D eigenvalue weighted by molar-refractivity contribution is -0.659. The van der Waals surface area contributed by atoms with Crippen molar-refractivity contribution in [3.05, 3.63) is 77.0 Å². The second kappa shape index (κ2) is 9.06. The first-order valence-electron chi connectivity index (χ1n) is 14.9. The molecule has 0 fully saturated rings. The van der Waals surface area contributed by atoms with Crippen LogP contribution in [0, 0.1) is 17.8 Å².